The van der Waals surface area contributed by atoms with Gasteiger partial charge < -0.3 is 15.3 Å². The molecular weight excluding hydrogens is 264 g/mol. The number of rotatable bonds is 3. The number of benzene rings is 1. The monoisotopic (exact) mass is 288 g/mol. The molecule has 1 aromatic carbocycles. The summed E-state index contributed by atoms with van der Waals surface area (Å²) in [4.78, 5) is 14.1. The molecule has 2 aliphatic rings. The molecule has 3 atom stereocenters. The second kappa shape index (κ2) is 6.06. The third kappa shape index (κ3) is 3.05. The second-order valence-corrected chi connectivity index (χ2v) is 6.38. The molecule has 0 heterocycles. The van der Waals surface area contributed by atoms with Gasteiger partial charge in [0.15, 0.2) is 0 Å². The third-order valence-electron chi connectivity index (χ3n) is 4.90. The number of hydrogen-bond acceptors (Lipinski definition) is 2. The van der Waals surface area contributed by atoms with Crippen LogP contribution in [0.4, 0.5) is 4.79 Å². The van der Waals surface area contributed by atoms with E-state index in [0.717, 1.165) is 32.1 Å². The van der Waals surface area contributed by atoms with Crippen molar-refractivity contribution in [1.82, 2.24) is 10.2 Å². The summed E-state index contributed by atoms with van der Waals surface area (Å²) in [5.74, 6) is 0.233. The van der Waals surface area contributed by atoms with Crippen molar-refractivity contribution in [3.05, 3.63) is 35.4 Å². The highest BCUT2D eigenvalue weighted by Gasteiger charge is 2.29. The lowest BCUT2D eigenvalue weighted by Gasteiger charge is -2.25. The number of carbonyl (C=O) groups is 1. The van der Waals surface area contributed by atoms with Crippen LogP contribution in [0.5, 0.6) is 0 Å². The zero-order valence-electron chi connectivity index (χ0n) is 12.6. The van der Waals surface area contributed by atoms with E-state index >= 15 is 0 Å². The fraction of sp³-hybridized carbons (Fsp3) is 0.588. The standard InChI is InChI=1S/C17H24N2O2/c1-19(11-13-6-4-8-16(13)20)17(21)18-15-10-9-12-5-2-3-7-14(12)15/h2-3,5,7,13,15-16,20H,4,6,8-11H2,1H3,(H,18,21). The van der Waals surface area contributed by atoms with E-state index in [4.69, 9.17) is 0 Å². The molecule has 4 nitrogen and oxygen atoms in total. The summed E-state index contributed by atoms with van der Waals surface area (Å²) in [6, 6.07) is 8.42. The van der Waals surface area contributed by atoms with Crippen LogP contribution in [-0.4, -0.2) is 35.7 Å². The van der Waals surface area contributed by atoms with Crippen LogP contribution in [0, 0.1) is 5.92 Å². The molecule has 3 rings (SSSR count). The Hall–Kier alpha value is -1.55. The van der Waals surface area contributed by atoms with Crippen LogP contribution in [0.3, 0.4) is 0 Å². The van der Waals surface area contributed by atoms with Crippen molar-refractivity contribution in [2.45, 2.75) is 44.2 Å². The van der Waals surface area contributed by atoms with Gasteiger partial charge in [0.25, 0.3) is 0 Å². The van der Waals surface area contributed by atoms with Gasteiger partial charge in [-0.05, 0) is 36.8 Å². The molecule has 0 radical (unpaired) electrons. The van der Waals surface area contributed by atoms with Crippen molar-refractivity contribution in [1.29, 1.82) is 0 Å². The van der Waals surface area contributed by atoms with Gasteiger partial charge in [0.05, 0.1) is 12.1 Å². The summed E-state index contributed by atoms with van der Waals surface area (Å²) in [6.07, 6.45) is 4.72. The van der Waals surface area contributed by atoms with Gasteiger partial charge in [-0.1, -0.05) is 30.7 Å². The molecule has 1 fully saturated rings. The Morgan fingerprint density at radius 2 is 2.14 bits per heavy atom. The highest BCUT2D eigenvalue weighted by atomic mass is 16.3. The average molecular weight is 288 g/mol. The molecule has 3 unspecified atom stereocenters. The van der Waals surface area contributed by atoms with E-state index < -0.39 is 0 Å². The summed E-state index contributed by atoms with van der Waals surface area (Å²) >= 11 is 0. The number of aryl methyl sites for hydroxylation is 1. The molecular formula is C17H24N2O2. The molecule has 0 saturated heterocycles. The van der Waals surface area contributed by atoms with E-state index in [1.165, 1.54) is 11.1 Å². The van der Waals surface area contributed by atoms with Gasteiger partial charge in [-0.15, -0.1) is 0 Å². The Morgan fingerprint density at radius 1 is 1.33 bits per heavy atom. The van der Waals surface area contributed by atoms with Crippen LogP contribution >= 0.6 is 0 Å². The normalized spacial score (nSPS) is 27.4. The molecule has 114 valence electrons. The van der Waals surface area contributed by atoms with E-state index in [-0.39, 0.29) is 24.1 Å². The fourth-order valence-corrected chi connectivity index (χ4v) is 3.63. The molecule has 1 saturated carbocycles. The number of fused-ring (bicyclic) bond motifs is 1. The predicted molar refractivity (Wildman–Crippen MR) is 82.0 cm³/mol. The lowest BCUT2D eigenvalue weighted by Crippen LogP contribution is -2.42. The Balaban J connectivity index is 1.57. The molecule has 0 spiro atoms. The quantitative estimate of drug-likeness (QED) is 0.898. The smallest absolute Gasteiger partial charge is 0.317 e. The molecule has 1 aromatic rings. The van der Waals surface area contributed by atoms with E-state index in [9.17, 15) is 9.90 Å². The lowest BCUT2D eigenvalue weighted by molar-refractivity contribution is 0.113. The van der Waals surface area contributed by atoms with Gasteiger partial charge in [-0.3, -0.25) is 0 Å². The Bertz CT molecular complexity index is 517. The van der Waals surface area contributed by atoms with Gasteiger partial charge in [-0.2, -0.15) is 0 Å². The number of hydrogen-bond donors (Lipinski definition) is 2. The highest BCUT2D eigenvalue weighted by Crippen LogP contribution is 2.31. The largest absolute Gasteiger partial charge is 0.393 e. The summed E-state index contributed by atoms with van der Waals surface area (Å²) < 4.78 is 0. The predicted octanol–water partition coefficient (Wildman–Crippen LogP) is 2.48. The lowest BCUT2D eigenvalue weighted by atomic mass is 10.1. The van der Waals surface area contributed by atoms with E-state index in [2.05, 4.69) is 23.5 Å². The number of nitrogens with zero attached hydrogens (tertiary/aromatic N) is 1. The first-order valence-corrected chi connectivity index (χ1v) is 7.92. The van der Waals surface area contributed by atoms with E-state index in [1.807, 2.05) is 13.1 Å². The first kappa shape index (κ1) is 14.4. The summed E-state index contributed by atoms with van der Waals surface area (Å²) in [7, 11) is 1.82. The second-order valence-electron chi connectivity index (χ2n) is 6.38. The Morgan fingerprint density at radius 3 is 2.90 bits per heavy atom. The number of carbonyl (C=O) groups excluding carboxylic acids is 1. The zero-order valence-corrected chi connectivity index (χ0v) is 12.6. The van der Waals surface area contributed by atoms with Crippen LogP contribution in [-0.2, 0) is 6.42 Å². The van der Waals surface area contributed by atoms with Crippen molar-refractivity contribution < 1.29 is 9.90 Å². The van der Waals surface area contributed by atoms with Crippen LogP contribution in [0.2, 0.25) is 0 Å². The van der Waals surface area contributed by atoms with Crippen LogP contribution < -0.4 is 5.32 Å². The van der Waals surface area contributed by atoms with Crippen molar-refractivity contribution >= 4 is 6.03 Å². The summed E-state index contributed by atoms with van der Waals surface area (Å²) in [5, 5.41) is 13.0. The van der Waals surface area contributed by atoms with Crippen molar-refractivity contribution in [2.24, 2.45) is 5.92 Å². The maximum atomic E-state index is 12.3. The molecule has 21 heavy (non-hydrogen) atoms. The number of aliphatic hydroxyl groups excluding tert-OH is 1. The fourth-order valence-electron chi connectivity index (χ4n) is 3.63. The minimum Gasteiger partial charge on any atom is -0.393 e. The van der Waals surface area contributed by atoms with Gasteiger partial charge in [-0.25, -0.2) is 4.79 Å². The number of aliphatic hydroxyl groups is 1. The molecule has 4 heteroatoms. The molecule has 0 aliphatic heterocycles. The number of nitrogens with one attached hydrogen (secondary N) is 1. The number of amides is 2. The van der Waals surface area contributed by atoms with Crippen molar-refractivity contribution in [3.63, 3.8) is 0 Å². The molecule has 2 amide bonds. The third-order valence-corrected chi connectivity index (χ3v) is 4.90. The van der Waals surface area contributed by atoms with Crippen molar-refractivity contribution in [2.75, 3.05) is 13.6 Å². The molecule has 2 aliphatic carbocycles. The minimum atomic E-state index is -0.243. The van der Waals surface area contributed by atoms with E-state index in [1.54, 1.807) is 4.90 Å². The average Bonchev–Trinajstić information content (AvgIpc) is 3.07. The SMILES string of the molecule is CN(CC1CCCC1O)C(=O)NC1CCc2ccccc21. The van der Waals surface area contributed by atoms with Crippen LogP contribution in [0.25, 0.3) is 0 Å². The number of urea groups is 1. The Kier molecular flexibility index (Phi) is 4.15. The minimum absolute atomic E-state index is 0.0317. The highest BCUT2D eigenvalue weighted by molar-refractivity contribution is 5.74. The Labute approximate surface area is 126 Å². The molecule has 2 N–H and O–H groups in total. The summed E-state index contributed by atoms with van der Waals surface area (Å²) in [6.45, 7) is 0.640. The van der Waals surface area contributed by atoms with Crippen LogP contribution in [0.15, 0.2) is 24.3 Å². The van der Waals surface area contributed by atoms with Crippen molar-refractivity contribution in [3.8, 4) is 0 Å². The van der Waals surface area contributed by atoms with Gasteiger partial charge >= 0.3 is 6.03 Å². The first-order valence-electron chi connectivity index (χ1n) is 7.92. The van der Waals surface area contributed by atoms with Crippen LogP contribution in [0.1, 0.15) is 42.9 Å². The maximum absolute atomic E-state index is 12.3. The summed E-state index contributed by atoms with van der Waals surface area (Å²) in [5.41, 5.74) is 2.59. The topological polar surface area (TPSA) is 52.6 Å². The van der Waals surface area contributed by atoms with Gasteiger partial charge in [0, 0.05) is 19.5 Å². The van der Waals surface area contributed by atoms with Gasteiger partial charge in [0.2, 0.25) is 0 Å². The van der Waals surface area contributed by atoms with E-state index in [0.29, 0.717) is 6.54 Å². The molecule has 0 aromatic heterocycles. The zero-order chi connectivity index (χ0) is 14.8. The molecule has 0 bridgehead atoms. The maximum Gasteiger partial charge on any atom is 0.317 e. The van der Waals surface area contributed by atoms with Gasteiger partial charge in [0.1, 0.15) is 0 Å². The first-order chi connectivity index (χ1) is 10.1.